The maximum atomic E-state index is 12.7. The lowest BCUT2D eigenvalue weighted by molar-refractivity contribution is -0.136. The Kier molecular flexibility index (Phi) is 6.63. The summed E-state index contributed by atoms with van der Waals surface area (Å²) in [6, 6.07) is 1.04. The Morgan fingerprint density at radius 3 is 2.71 bits per heavy atom. The van der Waals surface area contributed by atoms with Gasteiger partial charge in [-0.3, -0.25) is 19.9 Å². The Bertz CT molecular complexity index is 893. The van der Waals surface area contributed by atoms with Crippen molar-refractivity contribution in [1.29, 1.82) is 0 Å². The van der Waals surface area contributed by atoms with Crippen molar-refractivity contribution >= 4 is 51.7 Å². The molecule has 0 aliphatic heterocycles. The van der Waals surface area contributed by atoms with Crippen molar-refractivity contribution in [3.63, 3.8) is 0 Å². The number of carbonyl (C=O) groups excluding carboxylic acids is 2. The van der Waals surface area contributed by atoms with Crippen LogP contribution in [0.2, 0.25) is 0 Å². The number of urea groups is 1. The van der Waals surface area contributed by atoms with Gasteiger partial charge in [0.25, 0.3) is 0 Å². The van der Waals surface area contributed by atoms with Crippen LogP contribution in [-0.4, -0.2) is 39.1 Å². The summed E-state index contributed by atoms with van der Waals surface area (Å²) in [6.07, 6.45) is 8.42. The van der Waals surface area contributed by atoms with E-state index >= 15 is 0 Å². The molecule has 2 aromatic heterocycles. The number of carboxylic acid groups (broad SMARTS) is 1. The highest BCUT2D eigenvalue weighted by Gasteiger charge is 2.26. The second-order valence-electron chi connectivity index (χ2n) is 6.37. The van der Waals surface area contributed by atoms with Crippen molar-refractivity contribution in [1.82, 2.24) is 9.97 Å². The van der Waals surface area contributed by atoms with E-state index in [1.54, 1.807) is 6.07 Å². The van der Waals surface area contributed by atoms with Gasteiger partial charge in [-0.05, 0) is 25.2 Å². The van der Waals surface area contributed by atoms with Gasteiger partial charge < -0.3 is 10.4 Å². The summed E-state index contributed by atoms with van der Waals surface area (Å²) in [5.74, 6) is -0.999. The Balaban J connectivity index is 1.71. The van der Waals surface area contributed by atoms with Gasteiger partial charge in [0.05, 0.1) is 27.6 Å². The van der Waals surface area contributed by atoms with Crippen molar-refractivity contribution in [2.75, 3.05) is 16.9 Å². The first-order chi connectivity index (χ1) is 13.5. The molecular formula is C18H20N4O4S2. The molecule has 2 heterocycles. The number of aliphatic carboxylic acids is 1. The number of pyridine rings is 1. The third-order valence-electron chi connectivity index (χ3n) is 4.45. The number of ketones is 1. The zero-order valence-electron chi connectivity index (χ0n) is 15.2. The van der Waals surface area contributed by atoms with Crippen LogP contribution >= 0.6 is 23.1 Å². The first kappa shape index (κ1) is 20.3. The summed E-state index contributed by atoms with van der Waals surface area (Å²) in [5.41, 5.74) is 1.22. The third-order valence-corrected chi connectivity index (χ3v) is 6.61. The van der Waals surface area contributed by atoms with E-state index in [9.17, 15) is 14.4 Å². The number of anilines is 2. The van der Waals surface area contributed by atoms with E-state index in [-0.39, 0.29) is 18.1 Å². The number of nitrogens with one attached hydrogen (secondary N) is 2. The van der Waals surface area contributed by atoms with Crippen LogP contribution in [0.1, 0.15) is 41.7 Å². The maximum absolute atomic E-state index is 12.7. The van der Waals surface area contributed by atoms with Gasteiger partial charge in [0.1, 0.15) is 0 Å². The van der Waals surface area contributed by atoms with Crippen molar-refractivity contribution in [3.8, 4) is 0 Å². The van der Waals surface area contributed by atoms with Gasteiger partial charge in [0.15, 0.2) is 10.9 Å². The van der Waals surface area contributed by atoms with E-state index < -0.39 is 12.0 Å². The third kappa shape index (κ3) is 4.87. The molecule has 2 aromatic rings. The van der Waals surface area contributed by atoms with Gasteiger partial charge in [-0.2, -0.15) is 0 Å². The highest BCUT2D eigenvalue weighted by atomic mass is 32.2. The molecule has 0 atom stereocenters. The van der Waals surface area contributed by atoms with Gasteiger partial charge in [-0.1, -0.05) is 24.2 Å². The molecule has 10 heteroatoms. The largest absolute Gasteiger partial charge is 0.481 e. The molecule has 0 saturated heterocycles. The summed E-state index contributed by atoms with van der Waals surface area (Å²) in [7, 11) is 0. The van der Waals surface area contributed by atoms with Gasteiger partial charge in [0.2, 0.25) is 0 Å². The second kappa shape index (κ2) is 9.16. The summed E-state index contributed by atoms with van der Waals surface area (Å²) in [4.78, 5) is 44.3. The van der Waals surface area contributed by atoms with E-state index in [2.05, 4.69) is 20.6 Å². The summed E-state index contributed by atoms with van der Waals surface area (Å²) in [6.45, 7) is 0. The highest BCUT2D eigenvalue weighted by Crippen LogP contribution is 2.32. The van der Waals surface area contributed by atoms with Crippen molar-refractivity contribution in [2.45, 2.75) is 36.3 Å². The lowest BCUT2D eigenvalue weighted by Crippen LogP contribution is -2.22. The standard InChI is InChI=1S/C18H20N4O4S2/c1-27-16-13(8-14(23)24)21-18(28-16)22-17(26)20-12-6-7-19-9-11(12)15(25)10-4-2-3-5-10/h6-7,9-10H,2-5,8H2,1H3,(H,23,24)(H2,19,20,21,22,26). The number of carbonyl (C=O) groups is 3. The molecule has 0 radical (unpaired) electrons. The molecular weight excluding hydrogens is 400 g/mol. The van der Waals surface area contributed by atoms with E-state index in [0.717, 1.165) is 29.9 Å². The minimum Gasteiger partial charge on any atom is -0.481 e. The molecule has 1 aliphatic rings. The summed E-state index contributed by atoms with van der Waals surface area (Å²) in [5, 5.41) is 14.6. The number of thioether (sulfide) groups is 1. The van der Waals surface area contributed by atoms with Crippen LogP contribution < -0.4 is 10.6 Å². The molecule has 8 nitrogen and oxygen atoms in total. The molecule has 0 unspecified atom stereocenters. The van der Waals surface area contributed by atoms with Crippen LogP contribution in [0.15, 0.2) is 22.7 Å². The van der Waals surface area contributed by atoms with Crippen LogP contribution in [0, 0.1) is 5.92 Å². The van der Waals surface area contributed by atoms with Crippen LogP contribution in [-0.2, 0) is 11.2 Å². The highest BCUT2D eigenvalue weighted by molar-refractivity contribution is 8.00. The fourth-order valence-electron chi connectivity index (χ4n) is 3.16. The number of thiazole rings is 1. The Labute approximate surface area is 170 Å². The smallest absolute Gasteiger partial charge is 0.325 e. The number of rotatable bonds is 7. The maximum Gasteiger partial charge on any atom is 0.325 e. The molecule has 0 bridgehead atoms. The van der Waals surface area contributed by atoms with Crippen molar-refractivity contribution in [3.05, 3.63) is 29.7 Å². The molecule has 3 rings (SSSR count). The quantitative estimate of drug-likeness (QED) is 0.459. The monoisotopic (exact) mass is 420 g/mol. The van der Waals surface area contributed by atoms with Crippen molar-refractivity contribution in [2.24, 2.45) is 5.92 Å². The van der Waals surface area contributed by atoms with Gasteiger partial charge in [-0.15, -0.1) is 11.8 Å². The first-order valence-corrected chi connectivity index (χ1v) is 10.8. The van der Waals surface area contributed by atoms with Gasteiger partial charge in [-0.25, -0.2) is 9.78 Å². The number of hydrogen-bond donors (Lipinski definition) is 3. The minimum atomic E-state index is -0.983. The second-order valence-corrected chi connectivity index (χ2v) is 8.45. The van der Waals surface area contributed by atoms with Gasteiger partial charge in [0, 0.05) is 18.3 Å². The average molecular weight is 421 g/mol. The zero-order valence-corrected chi connectivity index (χ0v) is 16.9. The Morgan fingerprint density at radius 2 is 2.04 bits per heavy atom. The predicted octanol–water partition coefficient (Wildman–Crippen LogP) is 3.90. The molecule has 1 fully saturated rings. The van der Waals surface area contributed by atoms with E-state index in [0.29, 0.717) is 22.1 Å². The van der Waals surface area contributed by atoms with Crippen LogP contribution in [0.5, 0.6) is 0 Å². The molecule has 3 N–H and O–H groups in total. The van der Waals surface area contributed by atoms with Crippen LogP contribution in [0.3, 0.4) is 0 Å². The van der Waals surface area contributed by atoms with E-state index in [1.807, 2.05) is 6.26 Å². The first-order valence-electron chi connectivity index (χ1n) is 8.79. The Morgan fingerprint density at radius 1 is 1.29 bits per heavy atom. The molecule has 2 amide bonds. The fourth-order valence-corrected chi connectivity index (χ4v) is 4.80. The number of amides is 2. The summed E-state index contributed by atoms with van der Waals surface area (Å²) < 4.78 is 0.735. The zero-order chi connectivity index (χ0) is 20.1. The fraction of sp³-hybridized carbons (Fsp3) is 0.389. The lowest BCUT2D eigenvalue weighted by atomic mass is 9.96. The van der Waals surface area contributed by atoms with Crippen LogP contribution in [0.25, 0.3) is 0 Å². The topological polar surface area (TPSA) is 121 Å². The minimum absolute atomic E-state index is 0.00330. The molecule has 28 heavy (non-hydrogen) atoms. The van der Waals surface area contributed by atoms with Crippen LogP contribution in [0.4, 0.5) is 15.6 Å². The molecule has 148 valence electrons. The molecule has 1 saturated carbocycles. The molecule has 0 aromatic carbocycles. The Hall–Kier alpha value is -2.46. The van der Waals surface area contributed by atoms with Crippen molar-refractivity contribution < 1.29 is 19.5 Å². The van der Waals surface area contributed by atoms with Gasteiger partial charge >= 0.3 is 12.0 Å². The number of nitrogens with zero attached hydrogens (tertiary/aromatic N) is 2. The normalized spacial score (nSPS) is 14.0. The number of Topliss-reactive ketones (excluding diaryl/α,β-unsaturated/α-hetero) is 1. The lowest BCUT2D eigenvalue weighted by Gasteiger charge is -2.13. The molecule has 0 spiro atoms. The van der Waals surface area contributed by atoms with E-state index in [1.165, 1.54) is 35.5 Å². The number of hydrogen-bond acceptors (Lipinski definition) is 7. The SMILES string of the molecule is CSc1sc(NC(=O)Nc2ccncc2C(=O)C2CCCC2)nc1CC(=O)O. The molecule has 1 aliphatic carbocycles. The van der Waals surface area contributed by atoms with E-state index in [4.69, 9.17) is 5.11 Å². The summed E-state index contributed by atoms with van der Waals surface area (Å²) >= 11 is 2.59. The average Bonchev–Trinajstić information content (AvgIpc) is 3.31. The predicted molar refractivity (Wildman–Crippen MR) is 108 cm³/mol. The number of aromatic nitrogens is 2. The number of carboxylic acids is 1.